The molecule has 0 saturated carbocycles. The molecule has 100 valence electrons. The van der Waals surface area contributed by atoms with Gasteiger partial charge in [0.05, 0.1) is 6.04 Å². The van der Waals surface area contributed by atoms with Crippen molar-refractivity contribution in [3.63, 3.8) is 0 Å². The molecule has 0 aliphatic rings. The van der Waals surface area contributed by atoms with Crippen LogP contribution in [0.1, 0.15) is 20.3 Å². The number of nitrogens with one attached hydrogen (secondary N) is 2. The van der Waals surface area contributed by atoms with Crippen molar-refractivity contribution in [1.29, 1.82) is 0 Å². The lowest BCUT2D eigenvalue weighted by Gasteiger charge is -2.14. The van der Waals surface area contributed by atoms with Crippen molar-refractivity contribution in [3.8, 4) is 5.75 Å². The summed E-state index contributed by atoms with van der Waals surface area (Å²) in [5.74, 6) is 0.888. The molecule has 18 heavy (non-hydrogen) atoms. The first-order valence-corrected chi connectivity index (χ1v) is 6.43. The van der Waals surface area contributed by atoms with Crippen LogP contribution in [-0.4, -0.2) is 31.6 Å². The molecular formula is C14H22N2O2. The van der Waals surface area contributed by atoms with E-state index >= 15 is 0 Å². The number of ether oxygens (including phenoxy) is 1. The molecule has 0 saturated heterocycles. The zero-order chi connectivity index (χ0) is 13.2. The molecule has 4 nitrogen and oxygen atoms in total. The Labute approximate surface area is 109 Å². The first-order chi connectivity index (χ1) is 8.74. The standard InChI is InChI=1S/C14H22N2O2/c1-3-9-16-14(17)12(2)15-10-11-18-13-7-5-4-6-8-13/h4-8,12,15H,3,9-11H2,1-2H3,(H,16,17). The van der Waals surface area contributed by atoms with Crippen molar-refractivity contribution >= 4 is 5.91 Å². The normalized spacial score (nSPS) is 11.9. The molecule has 1 aromatic rings. The first kappa shape index (κ1) is 14.5. The molecule has 1 aromatic carbocycles. The number of carbonyl (C=O) groups excluding carboxylic acids is 1. The van der Waals surface area contributed by atoms with E-state index in [1.807, 2.05) is 44.2 Å². The smallest absolute Gasteiger partial charge is 0.236 e. The van der Waals surface area contributed by atoms with E-state index in [0.29, 0.717) is 13.2 Å². The van der Waals surface area contributed by atoms with E-state index in [1.165, 1.54) is 0 Å². The van der Waals surface area contributed by atoms with Gasteiger partial charge in [-0.3, -0.25) is 4.79 Å². The minimum atomic E-state index is -0.184. The quantitative estimate of drug-likeness (QED) is 0.689. The third kappa shape index (κ3) is 5.68. The maximum atomic E-state index is 11.6. The predicted octanol–water partition coefficient (Wildman–Crippen LogP) is 1.57. The lowest BCUT2D eigenvalue weighted by Crippen LogP contribution is -2.43. The van der Waals surface area contributed by atoms with Gasteiger partial charge < -0.3 is 15.4 Å². The van der Waals surface area contributed by atoms with Crippen LogP contribution in [0.15, 0.2) is 30.3 Å². The Kier molecular flexibility index (Phi) is 6.87. The topological polar surface area (TPSA) is 50.4 Å². The second-order valence-corrected chi connectivity index (χ2v) is 4.13. The highest BCUT2D eigenvalue weighted by atomic mass is 16.5. The minimum absolute atomic E-state index is 0.0385. The van der Waals surface area contributed by atoms with E-state index in [0.717, 1.165) is 18.7 Å². The highest BCUT2D eigenvalue weighted by molar-refractivity contribution is 5.81. The van der Waals surface area contributed by atoms with E-state index in [4.69, 9.17) is 4.74 Å². The van der Waals surface area contributed by atoms with Crippen molar-refractivity contribution in [1.82, 2.24) is 10.6 Å². The molecule has 0 bridgehead atoms. The Bertz CT molecular complexity index is 341. The average Bonchev–Trinajstić information content (AvgIpc) is 2.41. The molecule has 0 aliphatic heterocycles. The number of rotatable bonds is 8. The number of hydrogen-bond acceptors (Lipinski definition) is 3. The molecule has 0 aliphatic carbocycles. The Morgan fingerprint density at radius 1 is 1.28 bits per heavy atom. The van der Waals surface area contributed by atoms with Crippen LogP contribution in [0.25, 0.3) is 0 Å². The van der Waals surface area contributed by atoms with Gasteiger partial charge in [0.15, 0.2) is 0 Å². The zero-order valence-electron chi connectivity index (χ0n) is 11.1. The molecule has 1 amide bonds. The van der Waals surface area contributed by atoms with Crippen LogP contribution in [0.2, 0.25) is 0 Å². The highest BCUT2D eigenvalue weighted by Crippen LogP contribution is 2.07. The van der Waals surface area contributed by atoms with Gasteiger partial charge in [0, 0.05) is 13.1 Å². The van der Waals surface area contributed by atoms with Gasteiger partial charge in [0.2, 0.25) is 5.91 Å². The monoisotopic (exact) mass is 250 g/mol. The minimum Gasteiger partial charge on any atom is -0.492 e. The van der Waals surface area contributed by atoms with Crippen LogP contribution >= 0.6 is 0 Å². The summed E-state index contributed by atoms with van der Waals surface area (Å²) in [6.07, 6.45) is 0.954. The summed E-state index contributed by atoms with van der Waals surface area (Å²) in [6, 6.07) is 9.46. The fraction of sp³-hybridized carbons (Fsp3) is 0.500. The van der Waals surface area contributed by atoms with Crippen LogP contribution < -0.4 is 15.4 Å². The molecule has 0 spiro atoms. The van der Waals surface area contributed by atoms with E-state index in [9.17, 15) is 4.79 Å². The zero-order valence-corrected chi connectivity index (χ0v) is 11.1. The SMILES string of the molecule is CCCNC(=O)C(C)NCCOc1ccccc1. The third-order valence-electron chi connectivity index (χ3n) is 2.51. The Morgan fingerprint density at radius 2 is 2.00 bits per heavy atom. The average molecular weight is 250 g/mol. The summed E-state index contributed by atoms with van der Waals surface area (Å²) >= 11 is 0. The van der Waals surface area contributed by atoms with Gasteiger partial charge in [-0.25, -0.2) is 0 Å². The summed E-state index contributed by atoms with van der Waals surface area (Å²) in [5, 5.41) is 5.97. The van der Waals surface area contributed by atoms with Crippen LogP contribution in [0.5, 0.6) is 5.75 Å². The van der Waals surface area contributed by atoms with E-state index in [-0.39, 0.29) is 11.9 Å². The Morgan fingerprint density at radius 3 is 2.67 bits per heavy atom. The molecule has 2 N–H and O–H groups in total. The third-order valence-corrected chi connectivity index (χ3v) is 2.51. The molecule has 0 radical (unpaired) electrons. The molecule has 0 fully saturated rings. The van der Waals surface area contributed by atoms with Gasteiger partial charge in [-0.2, -0.15) is 0 Å². The van der Waals surface area contributed by atoms with Crippen molar-refractivity contribution in [2.45, 2.75) is 26.3 Å². The van der Waals surface area contributed by atoms with Gasteiger partial charge in [-0.05, 0) is 25.5 Å². The second kappa shape index (κ2) is 8.53. The molecule has 1 atom stereocenters. The fourth-order valence-electron chi connectivity index (χ4n) is 1.46. The molecule has 0 aromatic heterocycles. The molecule has 1 rings (SSSR count). The van der Waals surface area contributed by atoms with Gasteiger partial charge in [-0.1, -0.05) is 25.1 Å². The van der Waals surface area contributed by atoms with Crippen molar-refractivity contribution in [2.24, 2.45) is 0 Å². The first-order valence-electron chi connectivity index (χ1n) is 6.43. The van der Waals surface area contributed by atoms with Gasteiger partial charge in [0.1, 0.15) is 12.4 Å². The number of benzene rings is 1. The Hall–Kier alpha value is -1.55. The second-order valence-electron chi connectivity index (χ2n) is 4.13. The predicted molar refractivity (Wildman–Crippen MR) is 72.7 cm³/mol. The summed E-state index contributed by atoms with van der Waals surface area (Å²) in [5.41, 5.74) is 0. The van der Waals surface area contributed by atoms with Crippen molar-refractivity contribution in [2.75, 3.05) is 19.7 Å². The van der Waals surface area contributed by atoms with Crippen molar-refractivity contribution in [3.05, 3.63) is 30.3 Å². The molecule has 4 heteroatoms. The summed E-state index contributed by atoms with van der Waals surface area (Å²) in [7, 11) is 0. The van der Waals surface area contributed by atoms with Crippen LogP contribution in [-0.2, 0) is 4.79 Å². The van der Waals surface area contributed by atoms with Crippen molar-refractivity contribution < 1.29 is 9.53 Å². The van der Waals surface area contributed by atoms with E-state index in [1.54, 1.807) is 0 Å². The van der Waals surface area contributed by atoms with E-state index < -0.39 is 0 Å². The molecule has 1 unspecified atom stereocenters. The van der Waals surface area contributed by atoms with E-state index in [2.05, 4.69) is 10.6 Å². The number of hydrogen-bond donors (Lipinski definition) is 2. The van der Waals surface area contributed by atoms with Gasteiger partial charge in [-0.15, -0.1) is 0 Å². The van der Waals surface area contributed by atoms with Crippen LogP contribution in [0.4, 0.5) is 0 Å². The highest BCUT2D eigenvalue weighted by Gasteiger charge is 2.10. The Balaban J connectivity index is 2.12. The fourth-order valence-corrected chi connectivity index (χ4v) is 1.46. The van der Waals surface area contributed by atoms with Gasteiger partial charge in [0.25, 0.3) is 0 Å². The maximum absolute atomic E-state index is 11.6. The number of amides is 1. The lowest BCUT2D eigenvalue weighted by atomic mass is 10.3. The number of para-hydroxylation sites is 1. The largest absolute Gasteiger partial charge is 0.492 e. The summed E-state index contributed by atoms with van der Waals surface area (Å²) in [4.78, 5) is 11.6. The maximum Gasteiger partial charge on any atom is 0.236 e. The molecule has 0 heterocycles. The van der Waals surface area contributed by atoms with Gasteiger partial charge >= 0.3 is 0 Å². The van der Waals surface area contributed by atoms with Crippen LogP contribution in [0, 0.1) is 0 Å². The summed E-state index contributed by atoms with van der Waals surface area (Å²) in [6.45, 7) is 5.82. The lowest BCUT2D eigenvalue weighted by molar-refractivity contribution is -0.122. The molecular weight excluding hydrogens is 228 g/mol. The number of carbonyl (C=O) groups is 1. The summed E-state index contributed by atoms with van der Waals surface area (Å²) < 4.78 is 5.52. The van der Waals surface area contributed by atoms with Crippen LogP contribution in [0.3, 0.4) is 0 Å².